The molecule has 0 radical (unpaired) electrons. The Morgan fingerprint density at radius 2 is 2.27 bits per heavy atom. The fraction of sp³-hybridized carbons (Fsp3) is 0.200. The molecule has 0 bridgehead atoms. The Hall–Kier alpha value is -1.62. The van der Waals surface area contributed by atoms with E-state index in [2.05, 4.69) is 10.1 Å². The van der Waals surface area contributed by atoms with Crippen LogP contribution in [0.25, 0.3) is 6.08 Å². The summed E-state index contributed by atoms with van der Waals surface area (Å²) < 4.78 is 4.54. The van der Waals surface area contributed by atoms with Gasteiger partial charge in [0.15, 0.2) is 0 Å². The normalized spacial score (nSPS) is 10.9. The number of methoxy groups -OCH3 is 1. The maximum absolute atomic E-state index is 11.3. The molecule has 0 fully saturated rings. The van der Waals surface area contributed by atoms with E-state index in [0.29, 0.717) is 0 Å². The van der Waals surface area contributed by atoms with Gasteiger partial charge in [-0.2, -0.15) is 0 Å². The summed E-state index contributed by atoms with van der Waals surface area (Å²) in [7, 11) is 1.27. The van der Waals surface area contributed by atoms with Crippen LogP contribution in [0, 0.1) is 0 Å². The lowest BCUT2D eigenvalue weighted by Crippen LogP contribution is -2.25. The molecule has 1 rings (SSSR count). The van der Waals surface area contributed by atoms with Crippen LogP contribution in [0.15, 0.2) is 23.2 Å². The third-order valence-electron chi connectivity index (χ3n) is 1.55. The molecule has 0 unspecified atom stereocenters. The van der Waals surface area contributed by atoms with Crippen LogP contribution in [-0.2, 0) is 14.3 Å². The predicted molar refractivity (Wildman–Crippen MR) is 58.1 cm³/mol. The molecule has 1 N–H and O–H groups in total. The van der Waals surface area contributed by atoms with Gasteiger partial charge in [0.25, 0.3) is 0 Å². The molecular weight excluding hydrogens is 214 g/mol. The summed E-state index contributed by atoms with van der Waals surface area (Å²) in [5, 5.41) is 4.31. The molecule has 5 heteroatoms. The van der Waals surface area contributed by atoms with Crippen LogP contribution >= 0.6 is 11.3 Å². The van der Waals surface area contributed by atoms with Crippen molar-refractivity contribution in [3.8, 4) is 0 Å². The van der Waals surface area contributed by atoms with Crippen molar-refractivity contribution in [2.45, 2.75) is 6.92 Å². The lowest BCUT2D eigenvalue weighted by Gasteiger charge is -2.04. The smallest absolute Gasteiger partial charge is 0.354 e. The number of esters is 1. The Kier molecular flexibility index (Phi) is 4.05. The largest absolute Gasteiger partial charge is 0.464 e. The van der Waals surface area contributed by atoms with Crippen LogP contribution in [0.4, 0.5) is 0 Å². The van der Waals surface area contributed by atoms with Gasteiger partial charge in [-0.05, 0) is 17.5 Å². The Balaban J connectivity index is 2.90. The topological polar surface area (TPSA) is 55.4 Å². The summed E-state index contributed by atoms with van der Waals surface area (Å²) in [6.07, 6.45) is 1.58. The van der Waals surface area contributed by atoms with Gasteiger partial charge in [0.1, 0.15) is 5.70 Å². The van der Waals surface area contributed by atoms with Gasteiger partial charge in [0, 0.05) is 11.8 Å². The fourth-order valence-electron chi connectivity index (χ4n) is 0.961. The predicted octanol–water partition coefficient (Wildman–Crippen LogP) is 1.40. The molecule has 1 amide bonds. The van der Waals surface area contributed by atoms with Crippen LogP contribution in [0.3, 0.4) is 0 Å². The monoisotopic (exact) mass is 225 g/mol. The molecule has 80 valence electrons. The third-order valence-corrected chi connectivity index (χ3v) is 2.37. The standard InChI is InChI=1S/C10H11NO3S/c1-7(12)11-9(10(13)14-2)6-8-4-3-5-15-8/h3-6H,1-2H3,(H,11,12)/b9-6+. The fourth-order valence-corrected chi connectivity index (χ4v) is 1.62. The van der Waals surface area contributed by atoms with Crippen molar-refractivity contribution in [2.24, 2.45) is 0 Å². The zero-order chi connectivity index (χ0) is 11.3. The molecule has 0 aliphatic heterocycles. The van der Waals surface area contributed by atoms with Gasteiger partial charge < -0.3 is 10.1 Å². The van der Waals surface area contributed by atoms with Gasteiger partial charge in [-0.25, -0.2) is 4.79 Å². The zero-order valence-electron chi connectivity index (χ0n) is 8.44. The van der Waals surface area contributed by atoms with E-state index >= 15 is 0 Å². The average Bonchev–Trinajstić information content (AvgIpc) is 2.67. The second-order valence-corrected chi connectivity index (χ2v) is 3.73. The maximum atomic E-state index is 11.3. The third kappa shape index (κ3) is 3.55. The highest BCUT2D eigenvalue weighted by atomic mass is 32.1. The number of carbonyl (C=O) groups is 2. The minimum absolute atomic E-state index is 0.146. The first-order valence-electron chi connectivity index (χ1n) is 4.24. The highest BCUT2D eigenvalue weighted by Gasteiger charge is 2.10. The number of nitrogens with one attached hydrogen (secondary N) is 1. The van der Waals surface area contributed by atoms with Crippen molar-refractivity contribution in [3.63, 3.8) is 0 Å². The molecule has 15 heavy (non-hydrogen) atoms. The number of amides is 1. The van der Waals surface area contributed by atoms with E-state index in [4.69, 9.17) is 0 Å². The molecule has 1 aromatic heterocycles. The number of carbonyl (C=O) groups excluding carboxylic acids is 2. The zero-order valence-corrected chi connectivity index (χ0v) is 9.26. The summed E-state index contributed by atoms with van der Waals surface area (Å²) in [5.41, 5.74) is 0.146. The van der Waals surface area contributed by atoms with Crippen molar-refractivity contribution in [3.05, 3.63) is 28.1 Å². The minimum atomic E-state index is -0.557. The van der Waals surface area contributed by atoms with Gasteiger partial charge in [-0.1, -0.05) is 6.07 Å². The summed E-state index contributed by atoms with van der Waals surface area (Å²) in [5.74, 6) is -0.859. The number of rotatable bonds is 3. The van der Waals surface area contributed by atoms with E-state index in [9.17, 15) is 9.59 Å². The Morgan fingerprint density at radius 3 is 2.73 bits per heavy atom. The van der Waals surface area contributed by atoms with Crippen LogP contribution in [0.2, 0.25) is 0 Å². The Labute approximate surface area is 91.6 Å². The van der Waals surface area contributed by atoms with E-state index < -0.39 is 5.97 Å². The molecule has 0 saturated heterocycles. The quantitative estimate of drug-likeness (QED) is 0.625. The number of ether oxygens (including phenoxy) is 1. The first-order valence-corrected chi connectivity index (χ1v) is 5.12. The second-order valence-electron chi connectivity index (χ2n) is 2.75. The lowest BCUT2D eigenvalue weighted by atomic mass is 10.3. The molecule has 1 heterocycles. The maximum Gasteiger partial charge on any atom is 0.354 e. The summed E-state index contributed by atoms with van der Waals surface area (Å²) >= 11 is 1.47. The number of thiophene rings is 1. The van der Waals surface area contributed by atoms with Gasteiger partial charge in [-0.15, -0.1) is 11.3 Å². The number of hydrogen-bond acceptors (Lipinski definition) is 4. The molecular formula is C10H11NO3S. The van der Waals surface area contributed by atoms with Crippen LogP contribution in [-0.4, -0.2) is 19.0 Å². The second kappa shape index (κ2) is 5.31. The van der Waals surface area contributed by atoms with Crippen LogP contribution in [0.1, 0.15) is 11.8 Å². The Bertz CT molecular complexity index is 381. The Morgan fingerprint density at radius 1 is 1.53 bits per heavy atom. The summed E-state index contributed by atoms with van der Waals surface area (Å²) in [6.45, 7) is 1.34. The molecule has 0 aliphatic rings. The van der Waals surface area contributed by atoms with Gasteiger partial charge in [0.2, 0.25) is 5.91 Å². The van der Waals surface area contributed by atoms with E-state index in [1.165, 1.54) is 25.4 Å². The molecule has 0 saturated carbocycles. The average molecular weight is 225 g/mol. The molecule has 0 atom stereocenters. The molecule has 1 aromatic rings. The van der Waals surface area contributed by atoms with Gasteiger partial charge in [-0.3, -0.25) is 4.79 Å². The van der Waals surface area contributed by atoms with Crippen LogP contribution in [0.5, 0.6) is 0 Å². The lowest BCUT2D eigenvalue weighted by molar-refractivity contribution is -0.137. The van der Waals surface area contributed by atoms with E-state index in [0.717, 1.165) is 4.88 Å². The van der Waals surface area contributed by atoms with Crippen molar-refractivity contribution < 1.29 is 14.3 Å². The van der Waals surface area contributed by atoms with Crippen molar-refractivity contribution in [2.75, 3.05) is 7.11 Å². The summed E-state index contributed by atoms with van der Waals surface area (Å²) in [4.78, 5) is 23.0. The molecule has 0 aromatic carbocycles. The highest BCUT2D eigenvalue weighted by Crippen LogP contribution is 2.12. The van der Waals surface area contributed by atoms with E-state index in [1.54, 1.807) is 6.08 Å². The van der Waals surface area contributed by atoms with E-state index in [1.807, 2.05) is 17.5 Å². The van der Waals surface area contributed by atoms with Crippen LogP contribution < -0.4 is 5.32 Å². The van der Waals surface area contributed by atoms with Crippen molar-refractivity contribution in [1.29, 1.82) is 0 Å². The molecule has 4 nitrogen and oxygen atoms in total. The van der Waals surface area contributed by atoms with Gasteiger partial charge in [0.05, 0.1) is 7.11 Å². The minimum Gasteiger partial charge on any atom is -0.464 e. The van der Waals surface area contributed by atoms with Crippen molar-refractivity contribution >= 4 is 29.3 Å². The summed E-state index contributed by atoms with van der Waals surface area (Å²) in [6, 6.07) is 3.70. The highest BCUT2D eigenvalue weighted by molar-refractivity contribution is 7.10. The molecule has 0 spiro atoms. The first-order chi connectivity index (χ1) is 7.13. The van der Waals surface area contributed by atoms with Crippen molar-refractivity contribution in [1.82, 2.24) is 5.32 Å². The van der Waals surface area contributed by atoms with Gasteiger partial charge >= 0.3 is 5.97 Å². The SMILES string of the molecule is COC(=O)/C(=C\c1cccs1)NC(C)=O. The number of hydrogen-bond donors (Lipinski definition) is 1. The molecule has 0 aliphatic carbocycles. The van der Waals surface area contributed by atoms with E-state index in [-0.39, 0.29) is 11.6 Å². The first kappa shape index (κ1) is 11.5.